The summed E-state index contributed by atoms with van der Waals surface area (Å²) in [6, 6.07) is 13.1. The summed E-state index contributed by atoms with van der Waals surface area (Å²) in [4.78, 5) is 0. The first-order valence-electron chi connectivity index (χ1n) is 5.99. The molecule has 0 saturated heterocycles. The lowest BCUT2D eigenvalue weighted by Gasteiger charge is -2.16. The molecule has 100 valence electrons. The fraction of sp³-hybridized carbons (Fsp3) is 0.200. The Bertz CT molecular complexity index is 572. The minimum atomic E-state index is -0.227. The number of nitrogens with one attached hydrogen (secondary N) is 1. The fourth-order valence-electron chi connectivity index (χ4n) is 1.86. The minimum absolute atomic E-state index is 0.215. The highest BCUT2D eigenvalue weighted by Gasteiger charge is 2.09. The topological polar surface area (TPSA) is 12.0 Å². The second-order valence-electron chi connectivity index (χ2n) is 4.36. The van der Waals surface area contributed by atoms with Gasteiger partial charge in [-0.3, -0.25) is 0 Å². The van der Waals surface area contributed by atoms with Crippen LogP contribution >= 0.6 is 31.9 Å². The van der Waals surface area contributed by atoms with Gasteiger partial charge < -0.3 is 5.32 Å². The van der Waals surface area contributed by atoms with Crippen molar-refractivity contribution in [2.24, 2.45) is 0 Å². The molecule has 0 fully saturated rings. The second-order valence-corrected chi connectivity index (χ2v) is 6.07. The molecule has 0 bridgehead atoms. The third-order valence-electron chi connectivity index (χ3n) is 2.99. The highest BCUT2D eigenvalue weighted by molar-refractivity contribution is 9.10. The largest absolute Gasteiger partial charge is 0.306 e. The van der Waals surface area contributed by atoms with E-state index < -0.39 is 0 Å². The Morgan fingerprint density at radius 2 is 1.84 bits per heavy atom. The molecule has 1 atom stereocenters. The highest BCUT2D eigenvalue weighted by atomic mass is 79.9. The normalized spacial score (nSPS) is 12.4. The molecule has 2 rings (SSSR count). The summed E-state index contributed by atoms with van der Waals surface area (Å²) in [5, 5.41) is 3.43. The van der Waals surface area contributed by atoms with Crippen LogP contribution in [0.5, 0.6) is 0 Å². The van der Waals surface area contributed by atoms with Crippen LogP contribution in [0.25, 0.3) is 0 Å². The molecule has 0 amide bonds. The van der Waals surface area contributed by atoms with Gasteiger partial charge in [-0.1, -0.05) is 56.1 Å². The molecule has 0 saturated carbocycles. The second kappa shape index (κ2) is 6.64. The standard InChI is InChI=1S/C15H14Br2FN/c1-10(13-4-2-3-5-14(13)16)19-9-11-6-7-12(18)8-15(11)17/h2-8,10,19H,9H2,1H3/t10-/m1/s1. The number of rotatable bonds is 4. The maximum atomic E-state index is 13.0. The molecule has 0 aliphatic heterocycles. The van der Waals surface area contributed by atoms with E-state index in [9.17, 15) is 4.39 Å². The molecule has 0 aromatic heterocycles. The molecule has 2 aromatic rings. The summed E-state index contributed by atoms with van der Waals surface area (Å²) >= 11 is 6.93. The Kier molecular flexibility index (Phi) is 5.13. The Labute approximate surface area is 129 Å². The Balaban J connectivity index is 2.04. The fourth-order valence-corrected chi connectivity index (χ4v) is 2.98. The number of hydrogen-bond donors (Lipinski definition) is 1. The first-order valence-corrected chi connectivity index (χ1v) is 7.58. The number of benzene rings is 2. The predicted molar refractivity (Wildman–Crippen MR) is 83.5 cm³/mol. The lowest BCUT2D eigenvalue weighted by molar-refractivity contribution is 0.570. The van der Waals surface area contributed by atoms with Crippen LogP contribution in [-0.2, 0) is 6.54 Å². The summed E-state index contributed by atoms with van der Waals surface area (Å²) in [7, 11) is 0. The predicted octanol–water partition coefficient (Wildman–Crippen LogP) is 5.20. The Hall–Kier alpha value is -0.710. The zero-order valence-electron chi connectivity index (χ0n) is 10.5. The third kappa shape index (κ3) is 3.88. The smallest absolute Gasteiger partial charge is 0.124 e. The van der Waals surface area contributed by atoms with Crippen LogP contribution in [-0.4, -0.2) is 0 Å². The van der Waals surface area contributed by atoms with Gasteiger partial charge in [-0.25, -0.2) is 4.39 Å². The van der Waals surface area contributed by atoms with Crippen LogP contribution in [0.2, 0.25) is 0 Å². The molecule has 0 unspecified atom stereocenters. The van der Waals surface area contributed by atoms with Crippen molar-refractivity contribution in [3.63, 3.8) is 0 Å². The van der Waals surface area contributed by atoms with E-state index >= 15 is 0 Å². The number of halogens is 3. The van der Waals surface area contributed by atoms with Crippen molar-refractivity contribution in [1.29, 1.82) is 0 Å². The van der Waals surface area contributed by atoms with E-state index in [0.717, 1.165) is 14.5 Å². The zero-order chi connectivity index (χ0) is 13.8. The van der Waals surface area contributed by atoms with Crippen LogP contribution in [0.15, 0.2) is 51.4 Å². The molecule has 1 nitrogen and oxygen atoms in total. The molecule has 0 radical (unpaired) electrons. The molecule has 19 heavy (non-hydrogen) atoms. The molecule has 0 spiro atoms. The lowest BCUT2D eigenvalue weighted by Crippen LogP contribution is -2.18. The van der Waals surface area contributed by atoms with Crippen molar-refractivity contribution in [3.8, 4) is 0 Å². The van der Waals surface area contributed by atoms with Crippen molar-refractivity contribution >= 4 is 31.9 Å². The van der Waals surface area contributed by atoms with Gasteiger partial charge >= 0.3 is 0 Å². The first kappa shape index (κ1) is 14.7. The van der Waals surface area contributed by atoms with Gasteiger partial charge in [0, 0.05) is 21.5 Å². The molecule has 2 aromatic carbocycles. The average Bonchev–Trinajstić information content (AvgIpc) is 2.38. The van der Waals surface area contributed by atoms with Crippen molar-refractivity contribution in [1.82, 2.24) is 5.32 Å². The molecule has 1 N–H and O–H groups in total. The molecule has 0 aliphatic rings. The molecular weight excluding hydrogens is 373 g/mol. The van der Waals surface area contributed by atoms with Crippen molar-refractivity contribution in [2.75, 3.05) is 0 Å². The van der Waals surface area contributed by atoms with Gasteiger partial charge in [0.1, 0.15) is 5.82 Å². The monoisotopic (exact) mass is 385 g/mol. The zero-order valence-corrected chi connectivity index (χ0v) is 13.6. The SMILES string of the molecule is C[C@@H](NCc1ccc(F)cc1Br)c1ccccc1Br. The molecular formula is C15H14Br2FN. The van der Waals surface area contributed by atoms with Crippen LogP contribution in [0.3, 0.4) is 0 Å². The van der Waals surface area contributed by atoms with Crippen LogP contribution in [0.1, 0.15) is 24.1 Å². The van der Waals surface area contributed by atoms with E-state index in [-0.39, 0.29) is 11.9 Å². The van der Waals surface area contributed by atoms with Gasteiger partial charge in [0.15, 0.2) is 0 Å². The van der Waals surface area contributed by atoms with E-state index in [4.69, 9.17) is 0 Å². The maximum absolute atomic E-state index is 13.0. The van der Waals surface area contributed by atoms with Gasteiger partial charge in [-0.05, 0) is 36.2 Å². The van der Waals surface area contributed by atoms with E-state index in [1.807, 2.05) is 18.2 Å². The highest BCUT2D eigenvalue weighted by Crippen LogP contribution is 2.24. The van der Waals surface area contributed by atoms with E-state index in [2.05, 4.69) is 50.2 Å². The van der Waals surface area contributed by atoms with Crippen molar-refractivity contribution in [2.45, 2.75) is 19.5 Å². The summed E-state index contributed by atoms with van der Waals surface area (Å²) in [5.74, 6) is -0.227. The lowest BCUT2D eigenvalue weighted by atomic mass is 10.1. The van der Waals surface area contributed by atoms with E-state index in [1.54, 1.807) is 6.07 Å². The summed E-state index contributed by atoms with van der Waals surface area (Å²) in [6.45, 7) is 2.79. The van der Waals surface area contributed by atoms with Gasteiger partial charge in [0.05, 0.1) is 0 Å². The molecule has 0 aliphatic carbocycles. The minimum Gasteiger partial charge on any atom is -0.306 e. The van der Waals surface area contributed by atoms with Gasteiger partial charge in [0.25, 0.3) is 0 Å². The van der Waals surface area contributed by atoms with Gasteiger partial charge in [-0.2, -0.15) is 0 Å². The summed E-state index contributed by atoms with van der Waals surface area (Å²) in [6.07, 6.45) is 0. The number of hydrogen-bond acceptors (Lipinski definition) is 1. The molecule has 0 heterocycles. The Morgan fingerprint density at radius 3 is 2.53 bits per heavy atom. The first-order chi connectivity index (χ1) is 9.08. The van der Waals surface area contributed by atoms with Crippen molar-refractivity contribution in [3.05, 3.63) is 68.4 Å². The maximum Gasteiger partial charge on any atom is 0.124 e. The van der Waals surface area contributed by atoms with E-state index in [0.29, 0.717) is 6.54 Å². The van der Waals surface area contributed by atoms with Gasteiger partial charge in [-0.15, -0.1) is 0 Å². The average molecular weight is 387 g/mol. The van der Waals surface area contributed by atoms with Crippen LogP contribution < -0.4 is 5.32 Å². The molecule has 4 heteroatoms. The summed E-state index contributed by atoms with van der Waals surface area (Å²) < 4.78 is 14.9. The Morgan fingerprint density at radius 1 is 1.11 bits per heavy atom. The third-order valence-corrected chi connectivity index (χ3v) is 4.45. The van der Waals surface area contributed by atoms with Gasteiger partial charge in [0.2, 0.25) is 0 Å². The quantitative estimate of drug-likeness (QED) is 0.761. The van der Waals surface area contributed by atoms with E-state index in [1.165, 1.54) is 17.7 Å². The van der Waals surface area contributed by atoms with Crippen LogP contribution in [0.4, 0.5) is 4.39 Å². The van der Waals surface area contributed by atoms with Crippen molar-refractivity contribution < 1.29 is 4.39 Å². The van der Waals surface area contributed by atoms with Crippen LogP contribution in [0, 0.1) is 5.82 Å². The summed E-state index contributed by atoms with van der Waals surface area (Å²) in [5.41, 5.74) is 2.25.